The molecule has 0 bridgehead atoms. The van der Waals surface area contributed by atoms with E-state index in [-0.39, 0.29) is 0 Å². The summed E-state index contributed by atoms with van der Waals surface area (Å²) in [4.78, 5) is 1.38. The molecule has 1 nitrogen and oxygen atoms in total. The van der Waals surface area contributed by atoms with Crippen LogP contribution in [0, 0.1) is 0 Å². The zero-order chi connectivity index (χ0) is 13.0. The van der Waals surface area contributed by atoms with Crippen LogP contribution in [-0.4, -0.2) is 7.05 Å². The third kappa shape index (κ3) is 2.65. The predicted molar refractivity (Wildman–Crippen MR) is 80.4 cm³/mol. The summed E-state index contributed by atoms with van der Waals surface area (Å²) >= 11 is 1.81. The number of nitrogens with one attached hydrogen (secondary N) is 1. The monoisotopic (exact) mass is 259 g/mol. The van der Waals surface area contributed by atoms with Crippen LogP contribution in [0.25, 0.3) is 0 Å². The Kier molecular flexibility index (Phi) is 4.56. The van der Waals surface area contributed by atoms with Gasteiger partial charge >= 0.3 is 0 Å². The average molecular weight is 259 g/mol. The Labute approximate surface area is 114 Å². The third-order valence-corrected chi connectivity index (χ3v) is 4.38. The van der Waals surface area contributed by atoms with Crippen LogP contribution >= 0.6 is 11.3 Å². The molecule has 1 aromatic heterocycles. The quantitative estimate of drug-likeness (QED) is 0.849. The molecule has 0 spiro atoms. The van der Waals surface area contributed by atoms with Crippen molar-refractivity contribution in [3.8, 4) is 0 Å². The summed E-state index contributed by atoms with van der Waals surface area (Å²) in [7, 11) is 2.03. The maximum Gasteiger partial charge on any atom is 0.0668 e. The maximum atomic E-state index is 3.42. The van der Waals surface area contributed by atoms with Crippen LogP contribution in [-0.2, 0) is 12.8 Å². The molecule has 0 radical (unpaired) electrons. The van der Waals surface area contributed by atoms with E-state index in [1.54, 1.807) is 0 Å². The highest BCUT2D eigenvalue weighted by Crippen LogP contribution is 2.27. The number of rotatable bonds is 5. The fourth-order valence-electron chi connectivity index (χ4n) is 2.43. The molecule has 0 aliphatic heterocycles. The first-order valence-corrected chi connectivity index (χ1v) is 7.50. The lowest BCUT2D eigenvalue weighted by Gasteiger charge is -2.17. The van der Waals surface area contributed by atoms with Crippen LogP contribution in [0.2, 0.25) is 0 Å². The van der Waals surface area contributed by atoms with Gasteiger partial charge in [0, 0.05) is 4.88 Å². The Morgan fingerprint density at radius 1 is 1.11 bits per heavy atom. The second kappa shape index (κ2) is 6.17. The summed E-state index contributed by atoms with van der Waals surface area (Å²) in [5.74, 6) is 0. The van der Waals surface area contributed by atoms with Crippen molar-refractivity contribution in [1.82, 2.24) is 5.32 Å². The summed E-state index contributed by atoms with van der Waals surface area (Å²) < 4.78 is 0. The Balaban J connectivity index is 2.37. The Hall–Kier alpha value is -1.12. The van der Waals surface area contributed by atoms with Gasteiger partial charge in [-0.15, -0.1) is 11.3 Å². The molecule has 0 fully saturated rings. The smallest absolute Gasteiger partial charge is 0.0668 e. The fraction of sp³-hybridized carbons (Fsp3) is 0.375. The van der Waals surface area contributed by atoms with E-state index in [0.717, 1.165) is 12.8 Å². The van der Waals surface area contributed by atoms with Gasteiger partial charge < -0.3 is 5.32 Å². The van der Waals surface area contributed by atoms with Gasteiger partial charge in [0.25, 0.3) is 0 Å². The van der Waals surface area contributed by atoms with Gasteiger partial charge in [0.15, 0.2) is 0 Å². The summed E-state index contributed by atoms with van der Waals surface area (Å²) in [6.07, 6.45) is 2.23. The molecule has 0 saturated carbocycles. The maximum absolute atomic E-state index is 3.42. The third-order valence-electron chi connectivity index (χ3n) is 3.44. The van der Waals surface area contributed by atoms with E-state index in [0.29, 0.717) is 6.04 Å². The lowest BCUT2D eigenvalue weighted by molar-refractivity contribution is 0.702. The topological polar surface area (TPSA) is 12.0 Å². The molecule has 1 atom stereocenters. The van der Waals surface area contributed by atoms with Gasteiger partial charge in [0.2, 0.25) is 0 Å². The van der Waals surface area contributed by atoms with E-state index in [9.17, 15) is 0 Å². The van der Waals surface area contributed by atoms with Crippen molar-refractivity contribution in [2.24, 2.45) is 0 Å². The van der Waals surface area contributed by atoms with Crippen molar-refractivity contribution in [2.75, 3.05) is 7.05 Å². The van der Waals surface area contributed by atoms with Gasteiger partial charge in [0.05, 0.1) is 6.04 Å². The Morgan fingerprint density at radius 3 is 2.44 bits per heavy atom. The number of hydrogen-bond acceptors (Lipinski definition) is 2. The molecular formula is C16H21NS. The Morgan fingerprint density at radius 2 is 1.89 bits per heavy atom. The highest BCUT2D eigenvalue weighted by atomic mass is 32.1. The van der Waals surface area contributed by atoms with Gasteiger partial charge in [-0.3, -0.25) is 0 Å². The van der Waals surface area contributed by atoms with Crippen molar-refractivity contribution < 1.29 is 0 Å². The second-order valence-corrected chi connectivity index (χ2v) is 5.45. The van der Waals surface area contributed by atoms with Crippen LogP contribution in [0.15, 0.2) is 35.7 Å². The van der Waals surface area contributed by atoms with Crippen LogP contribution in [0.4, 0.5) is 0 Å². The van der Waals surface area contributed by atoms with E-state index >= 15 is 0 Å². The molecule has 1 aromatic carbocycles. The molecule has 1 heterocycles. The molecule has 0 aliphatic carbocycles. The largest absolute Gasteiger partial charge is 0.309 e. The molecule has 2 aromatic rings. The molecule has 1 unspecified atom stereocenters. The number of hydrogen-bond donors (Lipinski definition) is 1. The molecule has 18 heavy (non-hydrogen) atoms. The zero-order valence-electron chi connectivity index (χ0n) is 11.4. The molecule has 1 N–H and O–H groups in total. The lowest BCUT2D eigenvalue weighted by Crippen LogP contribution is -2.16. The summed E-state index contributed by atoms with van der Waals surface area (Å²) in [5.41, 5.74) is 4.32. The van der Waals surface area contributed by atoms with Crippen LogP contribution in [0.1, 0.15) is 41.5 Å². The van der Waals surface area contributed by atoms with Crippen LogP contribution in [0.3, 0.4) is 0 Å². The van der Waals surface area contributed by atoms with Gasteiger partial charge in [-0.25, -0.2) is 0 Å². The van der Waals surface area contributed by atoms with E-state index < -0.39 is 0 Å². The molecular weight excluding hydrogens is 238 g/mol. The molecule has 0 amide bonds. The first kappa shape index (κ1) is 13.3. The van der Waals surface area contributed by atoms with Crippen molar-refractivity contribution in [2.45, 2.75) is 32.7 Å². The van der Waals surface area contributed by atoms with Crippen molar-refractivity contribution >= 4 is 11.3 Å². The fourth-order valence-corrected chi connectivity index (χ4v) is 3.29. The van der Waals surface area contributed by atoms with Crippen molar-refractivity contribution in [1.29, 1.82) is 0 Å². The molecule has 2 rings (SSSR count). The lowest BCUT2D eigenvalue weighted by atomic mass is 9.96. The van der Waals surface area contributed by atoms with E-state index in [4.69, 9.17) is 0 Å². The molecule has 96 valence electrons. The van der Waals surface area contributed by atoms with Gasteiger partial charge in [0.1, 0.15) is 0 Å². The highest BCUT2D eigenvalue weighted by molar-refractivity contribution is 7.10. The standard InChI is InChI=1S/C16H21NS/c1-4-12-8-9-14(11-13(12)5-2)16(17-3)15-7-6-10-18-15/h6-11,16-17H,4-5H2,1-3H3. The molecule has 0 saturated heterocycles. The highest BCUT2D eigenvalue weighted by Gasteiger charge is 2.13. The molecule has 2 heteroatoms. The minimum Gasteiger partial charge on any atom is -0.309 e. The summed E-state index contributed by atoms with van der Waals surface area (Å²) in [5, 5.41) is 5.56. The first-order chi connectivity index (χ1) is 8.80. The van der Waals surface area contributed by atoms with Gasteiger partial charge in [-0.05, 0) is 48.0 Å². The minimum atomic E-state index is 0.321. The zero-order valence-corrected chi connectivity index (χ0v) is 12.2. The number of thiophene rings is 1. The second-order valence-electron chi connectivity index (χ2n) is 4.47. The summed E-state index contributed by atoms with van der Waals surface area (Å²) in [6, 6.07) is 11.5. The van der Waals surface area contributed by atoms with E-state index in [1.165, 1.54) is 21.6 Å². The van der Waals surface area contributed by atoms with E-state index in [2.05, 4.69) is 54.9 Å². The number of benzene rings is 1. The average Bonchev–Trinajstić information content (AvgIpc) is 2.93. The van der Waals surface area contributed by atoms with E-state index in [1.807, 2.05) is 18.4 Å². The first-order valence-electron chi connectivity index (χ1n) is 6.62. The van der Waals surface area contributed by atoms with Crippen molar-refractivity contribution in [3.63, 3.8) is 0 Å². The molecule has 0 aliphatic rings. The van der Waals surface area contributed by atoms with Gasteiger partial charge in [-0.2, -0.15) is 0 Å². The normalized spacial score (nSPS) is 12.6. The SMILES string of the molecule is CCc1ccc(C(NC)c2cccs2)cc1CC. The number of aryl methyl sites for hydroxylation is 2. The summed E-state index contributed by atoms with van der Waals surface area (Å²) in [6.45, 7) is 4.46. The van der Waals surface area contributed by atoms with Crippen LogP contribution < -0.4 is 5.32 Å². The van der Waals surface area contributed by atoms with Crippen LogP contribution in [0.5, 0.6) is 0 Å². The predicted octanol–water partition coefficient (Wildman–Crippen LogP) is 4.18. The van der Waals surface area contributed by atoms with Crippen molar-refractivity contribution in [3.05, 3.63) is 57.3 Å². The van der Waals surface area contributed by atoms with Gasteiger partial charge in [-0.1, -0.05) is 38.1 Å². The minimum absolute atomic E-state index is 0.321. The Bertz CT molecular complexity index is 488.